The Kier molecular flexibility index (Phi) is 8.10. The molecule has 0 spiro atoms. The van der Waals surface area contributed by atoms with E-state index < -0.39 is 0 Å². The molecule has 1 aliphatic rings. The minimum Gasteiger partial charge on any atom is -0.496 e. The number of hydrogen-bond acceptors (Lipinski definition) is 3. The Bertz CT molecular complexity index is 508. The second kappa shape index (κ2) is 10.3. The summed E-state index contributed by atoms with van der Waals surface area (Å²) in [5, 5.41) is 3.21. The lowest BCUT2D eigenvalue weighted by molar-refractivity contribution is 0.0929. The summed E-state index contributed by atoms with van der Waals surface area (Å²) in [5.41, 5.74) is 1.62. The number of rotatable bonds is 7. The van der Waals surface area contributed by atoms with Crippen LogP contribution in [-0.4, -0.2) is 25.7 Å². The molecule has 24 heavy (non-hydrogen) atoms. The molecular formula is C20H31NO3. The van der Waals surface area contributed by atoms with E-state index >= 15 is 0 Å². The van der Waals surface area contributed by atoms with Crippen molar-refractivity contribution in [3.05, 3.63) is 29.3 Å². The van der Waals surface area contributed by atoms with Gasteiger partial charge in [0.2, 0.25) is 0 Å². The van der Waals surface area contributed by atoms with Crippen molar-refractivity contribution in [3.63, 3.8) is 0 Å². The molecule has 0 atom stereocenters. The van der Waals surface area contributed by atoms with Crippen LogP contribution in [0.1, 0.15) is 74.2 Å². The summed E-state index contributed by atoms with van der Waals surface area (Å²) in [6.45, 7) is 3.26. The highest BCUT2D eigenvalue weighted by Crippen LogP contribution is 2.22. The number of hydrogen-bond donors (Lipinski definition) is 1. The normalized spacial score (nSPS) is 16.2. The average molecular weight is 333 g/mol. The van der Waals surface area contributed by atoms with Crippen molar-refractivity contribution in [2.75, 3.05) is 13.7 Å². The number of carbonyl (C=O) groups is 1. The van der Waals surface area contributed by atoms with Crippen LogP contribution in [0, 0.1) is 0 Å². The van der Waals surface area contributed by atoms with Gasteiger partial charge in [0.1, 0.15) is 5.75 Å². The van der Waals surface area contributed by atoms with Gasteiger partial charge in [-0.15, -0.1) is 0 Å². The molecule has 1 N–H and O–H groups in total. The highest BCUT2D eigenvalue weighted by atomic mass is 16.5. The zero-order valence-electron chi connectivity index (χ0n) is 15.1. The number of nitrogens with one attached hydrogen (secondary N) is 1. The number of methoxy groups -OCH3 is 1. The molecule has 1 aliphatic carbocycles. The van der Waals surface area contributed by atoms with E-state index in [-0.39, 0.29) is 5.91 Å². The maximum absolute atomic E-state index is 12.6. The number of benzene rings is 1. The van der Waals surface area contributed by atoms with Crippen molar-refractivity contribution in [1.82, 2.24) is 5.32 Å². The molecule has 0 saturated heterocycles. The minimum atomic E-state index is 0.0139. The molecule has 0 bridgehead atoms. The lowest BCUT2D eigenvalue weighted by atomic mass is 9.96. The number of amides is 1. The Morgan fingerprint density at radius 2 is 1.88 bits per heavy atom. The van der Waals surface area contributed by atoms with Crippen molar-refractivity contribution in [2.45, 2.75) is 70.9 Å². The highest BCUT2D eigenvalue weighted by Gasteiger charge is 2.16. The van der Waals surface area contributed by atoms with Gasteiger partial charge in [0.05, 0.1) is 13.7 Å². The zero-order valence-corrected chi connectivity index (χ0v) is 15.1. The second-order valence-corrected chi connectivity index (χ2v) is 6.59. The van der Waals surface area contributed by atoms with E-state index in [1.807, 2.05) is 18.2 Å². The summed E-state index contributed by atoms with van der Waals surface area (Å²) >= 11 is 0. The standard InChI is InChI=1S/C20H31NO3/c1-3-13-24-15-17-14-16(11-12-19(17)23-2)20(22)21-18-9-7-5-4-6-8-10-18/h11-12,14,18H,3-10,13,15H2,1-2H3,(H,21,22). The SMILES string of the molecule is CCCOCc1cc(C(=O)NC2CCCCCCC2)ccc1OC. The molecule has 134 valence electrons. The van der Waals surface area contributed by atoms with Crippen LogP contribution < -0.4 is 10.1 Å². The summed E-state index contributed by atoms with van der Waals surface area (Å²) in [6.07, 6.45) is 9.49. The van der Waals surface area contributed by atoms with Gasteiger partial charge in [0.25, 0.3) is 5.91 Å². The van der Waals surface area contributed by atoms with E-state index in [0.29, 0.717) is 24.8 Å². The van der Waals surface area contributed by atoms with Gasteiger partial charge in [-0.05, 0) is 37.5 Å². The first kappa shape index (κ1) is 18.8. The first-order valence-corrected chi connectivity index (χ1v) is 9.30. The van der Waals surface area contributed by atoms with Gasteiger partial charge in [-0.1, -0.05) is 39.0 Å². The van der Waals surface area contributed by atoms with Crippen LogP contribution in [0.2, 0.25) is 0 Å². The first-order chi connectivity index (χ1) is 11.7. The third-order valence-electron chi connectivity index (χ3n) is 4.59. The summed E-state index contributed by atoms with van der Waals surface area (Å²) in [6, 6.07) is 5.89. The smallest absolute Gasteiger partial charge is 0.251 e. The molecule has 2 rings (SSSR count). The summed E-state index contributed by atoms with van der Waals surface area (Å²) < 4.78 is 11.0. The summed E-state index contributed by atoms with van der Waals surface area (Å²) in [5.74, 6) is 0.786. The average Bonchev–Trinajstić information content (AvgIpc) is 2.57. The topological polar surface area (TPSA) is 47.6 Å². The fraction of sp³-hybridized carbons (Fsp3) is 0.650. The van der Waals surface area contributed by atoms with Gasteiger partial charge in [0.15, 0.2) is 0 Å². The number of carbonyl (C=O) groups excluding carboxylic acids is 1. The molecule has 0 aromatic heterocycles. The molecule has 1 amide bonds. The van der Waals surface area contributed by atoms with Crippen molar-refractivity contribution in [1.29, 1.82) is 0 Å². The Labute approximate surface area is 145 Å². The Morgan fingerprint density at radius 3 is 2.54 bits per heavy atom. The van der Waals surface area contributed by atoms with Gasteiger partial charge in [-0.3, -0.25) is 4.79 Å². The van der Waals surface area contributed by atoms with Crippen molar-refractivity contribution >= 4 is 5.91 Å². The molecule has 0 unspecified atom stereocenters. The van der Waals surface area contributed by atoms with Gasteiger partial charge in [0, 0.05) is 23.8 Å². The zero-order chi connectivity index (χ0) is 17.2. The molecule has 0 aliphatic heterocycles. The molecule has 1 saturated carbocycles. The van der Waals surface area contributed by atoms with E-state index in [2.05, 4.69) is 12.2 Å². The fourth-order valence-electron chi connectivity index (χ4n) is 3.23. The molecule has 0 radical (unpaired) electrons. The van der Waals surface area contributed by atoms with Gasteiger partial charge < -0.3 is 14.8 Å². The number of ether oxygens (including phenoxy) is 2. The van der Waals surface area contributed by atoms with Crippen LogP contribution in [0.5, 0.6) is 5.75 Å². The van der Waals surface area contributed by atoms with E-state index in [1.54, 1.807) is 7.11 Å². The lowest BCUT2D eigenvalue weighted by Crippen LogP contribution is -2.35. The minimum absolute atomic E-state index is 0.0139. The largest absolute Gasteiger partial charge is 0.496 e. The van der Waals surface area contributed by atoms with E-state index in [9.17, 15) is 4.79 Å². The molecule has 0 heterocycles. The van der Waals surface area contributed by atoms with Crippen LogP contribution in [0.15, 0.2) is 18.2 Å². The second-order valence-electron chi connectivity index (χ2n) is 6.59. The fourth-order valence-corrected chi connectivity index (χ4v) is 3.23. The van der Waals surface area contributed by atoms with Crippen molar-refractivity contribution in [3.8, 4) is 5.75 Å². The quantitative estimate of drug-likeness (QED) is 0.749. The van der Waals surface area contributed by atoms with Gasteiger partial charge in [-0.2, -0.15) is 0 Å². The van der Waals surface area contributed by atoms with Gasteiger partial charge >= 0.3 is 0 Å². The molecule has 1 fully saturated rings. The maximum atomic E-state index is 12.6. The van der Waals surface area contributed by atoms with Crippen LogP contribution >= 0.6 is 0 Å². The molecular weight excluding hydrogens is 302 g/mol. The van der Waals surface area contributed by atoms with Crippen LogP contribution in [0.25, 0.3) is 0 Å². The predicted molar refractivity (Wildman–Crippen MR) is 96.5 cm³/mol. The van der Waals surface area contributed by atoms with Crippen LogP contribution in [0.3, 0.4) is 0 Å². The van der Waals surface area contributed by atoms with Crippen molar-refractivity contribution < 1.29 is 14.3 Å². The molecule has 1 aromatic rings. The Morgan fingerprint density at radius 1 is 1.17 bits per heavy atom. The Balaban J connectivity index is 2.00. The molecule has 4 heteroatoms. The lowest BCUT2D eigenvalue weighted by Gasteiger charge is -2.21. The van der Waals surface area contributed by atoms with E-state index in [0.717, 1.165) is 30.6 Å². The highest BCUT2D eigenvalue weighted by molar-refractivity contribution is 5.94. The first-order valence-electron chi connectivity index (χ1n) is 9.30. The third-order valence-corrected chi connectivity index (χ3v) is 4.59. The third kappa shape index (κ3) is 5.82. The summed E-state index contributed by atoms with van der Waals surface area (Å²) in [4.78, 5) is 12.6. The molecule has 4 nitrogen and oxygen atoms in total. The van der Waals surface area contributed by atoms with Gasteiger partial charge in [-0.25, -0.2) is 0 Å². The van der Waals surface area contributed by atoms with E-state index in [4.69, 9.17) is 9.47 Å². The molecule has 1 aromatic carbocycles. The van der Waals surface area contributed by atoms with E-state index in [1.165, 1.54) is 32.1 Å². The summed E-state index contributed by atoms with van der Waals surface area (Å²) in [7, 11) is 1.65. The van der Waals surface area contributed by atoms with Crippen LogP contribution in [-0.2, 0) is 11.3 Å². The Hall–Kier alpha value is -1.55. The van der Waals surface area contributed by atoms with Crippen molar-refractivity contribution in [2.24, 2.45) is 0 Å². The van der Waals surface area contributed by atoms with Crippen LogP contribution in [0.4, 0.5) is 0 Å². The predicted octanol–water partition coefficient (Wildman–Crippen LogP) is 4.46. The maximum Gasteiger partial charge on any atom is 0.251 e. The monoisotopic (exact) mass is 333 g/mol.